The Kier molecular flexibility index (Phi) is 2.70. The van der Waals surface area contributed by atoms with Gasteiger partial charge < -0.3 is 11.1 Å². The minimum absolute atomic E-state index is 0.631. The molecular formula is C12H10N4. The second-order valence-corrected chi connectivity index (χ2v) is 3.29. The Labute approximate surface area is 93.4 Å². The average molecular weight is 210 g/mol. The largest absolute Gasteiger partial charge is 0.399 e. The lowest BCUT2D eigenvalue weighted by molar-refractivity contribution is 1.31. The van der Waals surface area contributed by atoms with Crippen molar-refractivity contribution in [2.24, 2.45) is 0 Å². The normalized spacial score (nSPS) is 9.44. The molecule has 0 fully saturated rings. The summed E-state index contributed by atoms with van der Waals surface area (Å²) < 4.78 is 0. The number of hydrogen-bond acceptors (Lipinski definition) is 4. The van der Waals surface area contributed by atoms with Crippen LogP contribution in [0, 0.1) is 11.3 Å². The molecule has 0 radical (unpaired) electrons. The fourth-order valence-corrected chi connectivity index (χ4v) is 1.29. The summed E-state index contributed by atoms with van der Waals surface area (Å²) in [6.45, 7) is 0. The summed E-state index contributed by atoms with van der Waals surface area (Å²) >= 11 is 0. The molecule has 0 aliphatic heterocycles. The van der Waals surface area contributed by atoms with Gasteiger partial charge in [0.25, 0.3) is 0 Å². The Morgan fingerprint density at radius 3 is 2.56 bits per heavy atom. The molecule has 1 heterocycles. The van der Waals surface area contributed by atoms with Crippen molar-refractivity contribution in [1.29, 1.82) is 5.26 Å². The number of aromatic nitrogens is 1. The van der Waals surface area contributed by atoms with E-state index in [1.807, 2.05) is 12.1 Å². The first-order chi connectivity index (χ1) is 7.78. The van der Waals surface area contributed by atoms with Crippen LogP contribution in [0.5, 0.6) is 0 Å². The number of nitrogen functional groups attached to an aromatic ring is 1. The lowest BCUT2D eigenvalue weighted by Crippen LogP contribution is -1.94. The van der Waals surface area contributed by atoms with Crippen LogP contribution in [-0.2, 0) is 0 Å². The van der Waals surface area contributed by atoms with Gasteiger partial charge in [-0.15, -0.1) is 0 Å². The molecule has 0 aliphatic rings. The van der Waals surface area contributed by atoms with Gasteiger partial charge in [0.15, 0.2) is 0 Å². The standard InChI is InChI=1S/C12H10N4/c13-8-9-1-3-11(4-2-9)16-12-7-10(14)5-6-15-12/h1-7H,(H3,14,15,16). The van der Waals surface area contributed by atoms with Crippen molar-refractivity contribution in [3.63, 3.8) is 0 Å². The molecule has 1 aromatic heterocycles. The molecule has 0 saturated heterocycles. The molecule has 3 N–H and O–H groups in total. The lowest BCUT2D eigenvalue weighted by atomic mass is 10.2. The monoisotopic (exact) mass is 210 g/mol. The van der Waals surface area contributed by atoms with Crippen LogP contribution in [0.1, 0.15) is 5.56 Å². The Bertz CT molecular complexity index is 525. The average Bonchev–Trinajstić information content (AvgIpc) is 2.30. The van der Waals surface area contributed by atoms with E-state index in [0.717, 1.165) is 5.69 Å². The molecule has 78 valence electrons. The van der Waals surface area contributed by atoms with Gasteiger partial charge in [-0.05, 0) is 30.3 Å². The lowest BCUT2D eigenvalue weighted by Gasteiger charge is -2.05. The molecule has 0 unspecified atom stereocenters. The molecule has 1 aromatic carbocycles. The number of anilines is 3. The Morgan fingerprint density at radius 1 is 1.19 bits per heavy atom. The first-order valence-corrected chi connectivity index (χ1v) is 4.76. The highest BCUT2D eigenvalue weighted by Gasteiger charge is 1.96. The second kappa shape index (κ2) is 4.32. The van der Waals surface area contributed by atoms with Crippen LogP contribution in [-0.4, -0.2) is 4.98 Å². The van der Waals surface area contributed by atoms with Crippen molar-refractivity contribution >= 4 is 17.2 Å². The van der Waals surface area contributed by atoms with Crippen LogP contribution >= 0.6 is 0 Å². The number of hydrogen-bond donors (Lipinski definition) is 2. The number of nitriles is 1. The molecule has 16 heavy (non-hydrogen) atoms. The van der Waals surface area contributed by atoms with Crippen LogP contribution in [0.15, 0.2) is 42.6 Å². The van der Waals surface area contributed by atoms with Crippen molar-refractivity contribution in [2.45, 2.75) is 0 Å². The molecular weight excluding hydrogens is 200 g/mol. The van der Waals surface area contributed by atoms with E-state index in [1.165, 1.54) is 0 Å². The topological polar surface area (TPSA) is 74.7 Å². The third-order valence-corrected chi connectivity index (χ3v) is 2.07. The quantitative estimate of drug-likeness (QED) is 0.797. The fraction of sp³-hybridized carbons (Fsp3) is 0. The van der Waals surface area contributed by atoms with Gasteiger partial charge in [0.05, 0.1) is 11.6 Å². The highest BCUT2D eigenvalue weighted by Crippen LogP contribution is 2.16. The molecule has 2 rings (SSSR count). The Morgan fingerprint density at radius 2 is 1.94 bits per heavy atom. The number of nitrogens with one attached hydrogen (secondary N) is 1. The van der Waals surface area contributed by atoms with Gasteiger partial charge in [0.1, 0.15) is 5.82 Å². The van der Waals surface area contributed by atoms with Crippen LogP contribution in [0.2, 0.25) is 0 Å². The molecule has 0 spiro atoms. The van der Waals surface area contributed by atoms with Crippen LogP contribution in [0.3, 0.4) is 0 Å². The van der Waals surface area contributed by atoms with Gasteiger partial charge in [-0.25, -0.2) is 4.98 Å². The summed E-state index contributed by atoms with van der Waals surface area (Å²) in [5.41, 5.74) is 7.80. The van der Waals surface area contributed by atoms with Gasteiger partial charge in [-0.1, -0.05) is 0 Å². The molecule has 4 nitrogen and oxygen atoms in total. The van der Waals surface area contributed by atoms with E-state index in [0.29, 0.717) is 17.1 Å². The van der Waals surface area contributed by atoms with Gasteiger partial charge in [-0.2, -0.15) is 5.26 Å². The van der Waals surface area contributed by atoms with E-state index in [4.69, 9.17) is 11.0 Å². The van der Waals surface area contributed by atoms with Crippen molar-refractivity contribution in [3.05, 3.63) is 48.2 Å². The SMILES string of the molecule is N#Cc1ccc(Nc2cc(N)ccn2)cc1. The van der Waals surface area contributed by atoms with E-state index in [-0.39, 0.29) is 0 Å². The second-order valence-electron chi connectivity index (χ2n) is 3.29. The summed E-state index contributed by atoms with van der Waals surface area (Å²) in [7, 11) is 0. The van der Waals surface area contributed by atoms with Gasteiger partial charge in [0, 0.05) is 23.6 Å². The van der Waals surface area contributed by atoms with Crippen LogP contribution in [0.25, 0.3) is 0 Å². The first kappa shape index (κ1) is 9.99. The minimum Gasteiger partial charge on any atom is -0.399 e. The van der Waals surface area contributed by atoms with Crippen molar-refractivity contribution < 1.29 is 0 Å². The summed E-state index contributed by atoms with van der Waals surface area (Å²) in [6.07, 6.45) is 1.64. The zero-order valence-corrected chi connectivity index (χ0v) is 8.51. The van der Waals surface area contributed by atoms with Crippen LogP contribution in [0.4, 0.5) is 17.2 Å². The molecule has 4 heteroatoms. The highest BCUT2D eigenvalue weighted by molar-refractivity contribution is 5.60. The smallest absolute Gasteiger partial charge is 0.132 e. The predicted octanol–water partition coefficient (Wildman–Crippen LogP) is 2.28. The molecule has 2 aromatic rings. The molecule has 0 saturated carbocycles. The maximum absolute atomic E-state index is 8.66. The van der Waals surface area contributed by atoms with E-state index < -0.39 is 0 Å². The molecule has 0 atom stereocenters. The summed E-state index contributed by atoms with van der Waals surface area (Å²) in [5.74, 6) is 0.685. The zero-order chi connectivity index (χ0) is 11.4. The molecule has 0 aliphatic carbocycles. The van der Waals surface area contributed by atoms with Crippen molar-refractivity contribution in [2.75, 3.05) is 11.1 Å². The third kappa shape index (κ3) is 2.28. The fourth-order valence-electron chi connectivity index (χ4n) is 1.29. The number of nitrogens with zero attached hydrogens (tertiary/aromatic N) is 2. The molecule has 0 bridgehead atoms. The predicted molar refractivity (Wildman–Crippen MR) is 63.1 cm³/mol. The van der Waals surface area contributed by atoms with Crippen LogP contribution < -0.4 is 11.1 Å². The Hall–Kier alpha value is -2.54. The maximum atomic E-state index is 8.66. The van der Waals surface area contributed by atoms with Crippen molar-refractivity contribution in [3.8, 4) is 6.07 Å². The maximum Gasteiger partial charge on any atom is 0.132 e. The first-order valence-electron chi connectivity index (χ1n) is 4.76. The number of benzene rings is 1. The van der Waals surface area contributed by atoms with E-state index in [1.54, 1.807) is 30.5 Å². The van der Waals surface area contributed by atoms with Gasteiger partial charge in [-0.3, -0.25) is 0 Å². The Balaban J connectivity index is 2.18. The zero-order valence-electron chi connectivity index (χ0n) is 8.51. The number of rotatable bonds is 2. The van der Waals surface area contributed by atoms with E-state index >= 15 is 0 Å². The summed E-state index contributed by atoms with van der Waals surface area (Å²) in [6, 6.07) is 12.7. The van der Waals surface area contributed by atoms with E-state index in [2.05, 4.69) is 16.4 Å². The minimum atomic E-state index is 0.631. The number of nitrogens with two attached hydrogens (primary N) is 1. The summed E-state index contributed by atoms with van der Waals surface area (Å²) in [4.78, 5) is 4.12. The van der Waals surface area contributed by atoms with Gasteiger partial charge in [0.2, 0.25) is 0 Å². The molecule has 0 amide bonds. The van der Waals surface area contributed by atoms with Crippen molar-refractivity contribution in [1.82, 2.24) is 4.98 Å². The van der Waals surface area contributed by atoms with E-state index in [9.17, 15) is 0 Å². The third-order valence-electron chi connectivity index (χ3n) is 2.07. The number of pyridine rings is 1. The van der Waals surface area contributed by atoms with Gasteiger partial charge >= 0.3 is 0 Å². The highest BCUT2D eigenvalue weighted by atomic mass is 15.0. The summed E-state index contributed by atoms with van der Waals surface area (Å²) in [5, 5.41) is 11.8.